The van der Waals surface area contributed by atoms with Crippen LogP contribution in [0, 0.1) is 0 Å². The first-order chi connectivity index (χ1) is 10.9. The molecule has 23 heavy (non-hydrogen) atoms. The second-order valence-electron chi connectivity index (χ2n) is 5.82. The number of carbonyl (C=O) groups excluding carboxylic acids is 1. The average Bonchev–Trinajstić information content (AvgIpc) is 2.96. The van der Waals surface area contributed by atoms with Gasteiger partial charge in [-0.3, -0.25) is 4.79 Å². The molecule has 0 bridgehead atoms. The fraction of sp³-hybridized carbons (Fsp3) is 0.353. The van der Waals surface area contributed by atoms with Gasteiger partial charge >= 0.3 is 5.97 Å². The van der Waals surface area contributed by atoms with Crippen molar-refractivity contribution in [2.45, 2.75) is 38.6 Å². The maximum Gasteiger partial charge on any atom is 0.328 e. The Morgan fingerprint density at radius 3 is 2.61 bits per heavy atom. The molecule has 6 nitrogen and oxygen atoms in total. The van der Waals surface area contributed by atoms with Gasteiger partial charge in [-0.2, -0.15) is 0 Å². The standard InChI is InChI=1S/C17H20N2O4/c1-17(2,16(21)22)19-14(20)9-6-10-15-18-11-13(23-15)12-7-4-3-5-8-12/h3-5,7-8,11H,6,9-10H2,1-2H3,(H,19,20)(H,21,22). The molecule has 1 amide bonds. The highest BCUT2D eigenvalue weighted by atomic mass is 16.4. The van der Waals surface area contributed by atoms with E-state index in [0.717, 1.165) is 5.56 Å². The van der Waals surface area contributed by atoms with Crippen LogP contribution >= 0.6 is 0 Å². The van der Waals surface area contributed by atoms with E-state index in [0.29, 0.717) is 24.5 Å². The molecule has 122 valence electrons. The topological polar surface area (TPSA) is 92.4 Å². The van der Waals surface area contributed by atoms with Crippen molar-refractivity contribution >= 4 is 11.9 Å². The summed E-state index contributed by atoms with van der Waals surface area (Å²) in [6.07, 6.45) is 2.95. The fourth-order valence-corrected chi connectivity index (χ4v) is 2.03. The van der Waals surface area contributed by atoms with Crippen LogP contribution in [0.3, 0.4) is 0 Å². The number of nitrogens with one attached hydrogen (secondary N) is 1. The Balaban J connectivity index is 1.82. The zero-order valence-electron chi connectivity index (χ0n) is 13.2. The highest BCUT2D eigenvalue weighted by Crippen LogP contribution is 2.20. The summed E-state index contributed by atoms with van der Waals surface area (Å²) in [5, 5.41) is 11.4. The number of rotatable bonds is 7. The van der Waals surface area contributed by atoms with Gasteiger partial charge in [0.2, 0.25) is 5.91 Å². The van der Waals surface area contributed by atoms with Gasteiger partial charge in [0.1, 0.15) is 5.54 Å². The van der Waals surface area contributed by atoms with Crippen LogP contribution in [-0.2, 0) is 16.0 Å². The van der Waals surface area contributed by atoms with E-state index in [2.05, 4.69) is 10.3 Å². The summed E-state index contributed by atoms with van der Waals surface area (Å²) in [6, 6.07) is 9.65. The molecule has 0 saturated heterocycles. The summed E-state index contributed by atoms with van der Waals surface area (Å²) >= 11 is 0. The van der Waals surface area contributed by atoms with Gasteiger partial charge in [-0.1, -0.05) is 30.3 Å². The number of hydrogen-bond donors (Lipinski definition) is 2. The lowest BCUT2D eigenvalue weighted by Gasteiger charge is -2.20. The van der Waals surface area contributed by atoms with E-state index in [1.165, 1.54) is 13.8 Å². The molecule has 2 N–H and O–H groups in total. The van der Waals surface area contributed by atoms with E-state index in [1.807, 2.05) is 30.3 Å². The molecular weight excluding hydrogens is 296 g/mol. The largest absolute Gasteiger partial charge is 0.480 e. The maximum atomic E-state index is 11.8. The molecule has 0 fully saturated rings. The number of aliphatic carboxylic acids is 1. The first-order valence-corrected chi connectivity index (χ1v) is 7.43. The third kappa shape index (κ3) is 4.67. The molecule has 0 aliphatic carbocycles. The summed E-state index contributed by atoms with van der Waals surface area (Å²) in [4.78, 5) is 26.9. The van der Waals surface area contributed by atoms with Crippen LogP contribution in [0.1, 0.15) is 32.6 Å². The Bertz CT molecular complexity index is 677. The van der Waals surface area contributed by atoms with Gasteiger partial charge in [-0.15, -0.1) is 0 Å². The maximum absolute atomic E-state index is 11.8. The van der Waals surface area contributed by atoms with Crippen molar-refractivity contribution in [3.63, 3.8) is 0 Å². The summed E-state index contributed by atoms with van der Waals surface area (Å²) in [6.45, 7) is 2.90. The van der Waals surface area contributed by atoms with Gasteiger partial charge in [0.15, 0.2) is 11.7 Å². The molecular formula is C17H20N2O4. The number of oxazole rings is 1. The van der Waals surface area contributed by atoms with Gasteiger partial charge in [-0.25, -0.2) is 9.78 Å². The van der Waals surface area contributed by atoms with Crippen LogP contribution in [0.2, 0.25) is 0 Å². The number of hydrogen-bond acceptors (Lipinski definition) is 4. The Morgan fingerprint density at radius 2 is 1.96 bits per heavy atom. The Kier molecular flexibility index (Phi) is 5.16. The smallest absolute Gasteiger partial charge is 0.328 e. The average molecular weight is 316 g/mol. The first-order valence-electron chi connectivity index (χ1n) is 7.43. The number of benzene rings is 1. The number of carboxylic acid groups (broad SMARTS) is 1. The van der Waals surface area contributed by atoms with E-state index < -0.39 is 11.5 Å². The molecule has 0 unspecified atom stereocenters. The molecule has 0 radical (unpaired) electrons. The third-order valence-electron chi connectivity index (χ3n) is 3.39. The predicted molar refractivity (Wildman–Crippen MR) is 84.7 cm³/mol. The van der Waals surface area contributed by atoms with Crippen LogP contribution in [0.25, 0.3) is 11.3 Å². The summed E-state index contributed by atoms with van der Waals surface area (Å²) in [5.41, 5.74) is -0.312. The quantitative estimate of drug-likeness (QED) is 0.819. The third-order valence-corrected chi connectivity index (χ3v) is 3.39. The highest BCUT2D eigenvalue weighted by Gasteiger charge is 2.28. The normalized spacial score (nSPS) is 11.2. The van der Waals surface area contributed by atoms with Crippen molar-refractivity contribution < 1.29 is 19.1 Å². The van der Waals surface area contributed by atoms with Crippen LogP contribution < -0.4 is 5.32 Å². The van der Waals surface area contributed by atoms with Gasteiger partial charge in [-0.05, 0) is 20.3 Å². The van der Waals surface area contributed by atoms with Crippen molar-refractivity contribution in [2.24, 2.45) is 0 Å². The van der Waals surface area contributed by atoms with Gasteiger partial charge < -0.3 is 14.8 Å². The van der Waals surface area contributed by atoms with Crippen LogP contribution in [0.15, 0.2) is 40.9 Å². The van der Waals surface area contributed by atoms with E-state index in [-0.39, 0.29) is 12.3 Å². The molecule has 2 rings (SSSR count). The highest BCUT2D eigenvalue weighted by molar-refractivity contribution is 5.86. The molecule has 0 atom stereocenters. The number of carbonyl (C=O) groups is 2. The van der Waals surface area contributed by atoms with Crippen LogP contribution in [0.5, 0.6) is 0 Å². The van der Waals surface area contributed by atoms with E-state index in [4.69, 9.17) is 9.52 Å². The number of amides is 1. The molecule has 0 aliphatic rings. The van der Waals surface area contributed by atoms with Crippen molar-refractivity contribution in [1.29, 1.82) is 0 Å². The van der Waals surface area contributed by atoms with Gasteiger partial charge in [0.05, 0.1) is 6.20 Å². The van der Waals surface area contributed by atoms with E-state index in [9.17, 15) is 9.59 Å². The van der Waals surface area contributed by atoms with E-state index >= 15 is 0 Å². The minimum absolute atomic E-state index is 0.222. The van der Waals surface area contributed by atoms with Crippen LogP contribution in [-0.4, -0.2) is 27.5 Å². The van der Waals surface area contributed by atoms with Crippen molar-refractivity contribution in [2.75, 3.05) is 0 Å². The Hall–Kier alpha value is -2.63. The molecule has 2 aromatic rings. The zero-order valence-corrected chi connectivity index (χ0v) is 13.2. The van der Waals surface area contributed by atoms with E-state index in [1.54, 1.807) is 6.20 Å². The SMILES string of the molecule is CC(C)(NC(=O)CCCc1ncc(-c2ccccc2)o1)C(=O)O. The molecule has 0 aliphatic heterocycles. The minimum Gasteiger partial charge on any atom is -0.480 e. The lowest BCUT2D eigenvalue weighted by Crippen LogP contribution is -2.49. The number of nitrogens with zero attached hydrogens (tertiary/aromatic N) is 1. The number of aromatic nitrogens is 1. The predicted octanol–water partition coefficient (Wildman–Crippen LogP) is 2.64. The number of carboxylic acids is 1. The zero-order chi connectivity index (χ0) is 16.9. The summed E-state index contributed by atoms with van der Waals surface area (Å²) in [5.74, 6) is -0.107. The Labute approximate surface area is 134 Å². The molecule has 1 aromatic heterocycles. The summed E-state index contributed by atoms with van der Waals surface area (Å²) in [7, 11) is 0. The number of aryl methyl sites for hydroxylation is 1. The Morgan fingerprint density at radius 1 is 1.26 bits per heavy atom. The molecule has 1 aromatic carbocycles. The monoisotopic (exact) mass is 316 g/mol. The van der Waals surface area contributed by atoms with Crippen LogP contribution in [0.4, 0.5) is 0 Å². The molecule has 0 saturated carbocycles. The van der Waals surface area contributed by atoms with Crippen molar-refractivity contribution in [1.82, 2.24) is 10.3 Å². The van der Waals surface area contributed by atoms with Gasteiger partial charge in [0.25, 0.3) is 0 Å². The fourth-order valence-electron chi connectivity index (χ4n) is 2.03. The minimum atomic E-state index is -1.26. The second kappa shape index (κ2) is 7.09. The molecule has 1 heterocycles. The lowest BCUT2D eigenvalue weighted by molar-refractivity contribution is -0.146. The summed E-state index contributed by atoms with van der Waals surface area (Å²) < 4.78 is 5.65. The second-order valence-corrected chi connectivity index (χ2v) is 5.82. The molecule has 6 heteroatoms. The molecule has 0 spiro atoms. The lowest BCUT2D eigenvalue weighted by atomic mass is 10.1. The van der Waals surface area contributed by atoms with Gasteiger partial charge in [0, 0.05) is 18.4 Å². The van der Waals surface area contributed by atoms with Crippen molar-refractivity contribution in [3.05, 3.63) is 42.4 Å². The first kappa shape index (κ1) is 16.7. The van der Waals surface area contributed by atoms with Crippen molar-refractivity contribution in [3.8, 4) is 11.3 Å².